The second-order valence-electron chi connectivity index (χ2n) is 7.12. The molecular weight excluding hydrogens is 376 g/mol. The van der Waals surface area contributed by atoms with Gasteiger partial charge in [0.25, 0.3) is 0 Å². The molecule has 0 radical (unpaired) electrons. The van der Waals surface area contributed by atoms with Crippen LogP contribution in [0, 0.1) is 4.78 Å². The Kier molecular flexibility index (Phi) is 4.92. The zero-order valence-electron chi connectivity index (χ0n) is 15.6. The molecule has 27 heavy (non-hydrogen) atoms. The molecule has 5 nitrogen and oxygen atoms in total. The van der Waals surface area contributed by atoms with Gasteiger partial charge >= 0.3 is 0 Å². The summed E-state index contributed by atoms with van der Waals surface area (Å²) in [7, 11) is -2.64. The van der Waals surface area contributed by atoms with Gasteiger partial charge in [-0.1, -0.05) is 6.07 Å². The van der Waals surface area contributed by atoms with Crippen molar-refractivity contribution in [1.82, 2.24) is 9.88 Å². The van der Waals surface area contributed by atoms with Crippen molar-refractivity contribution in [1.29, 1.82) is 4.78 Å². The van der Waals surface area contributed by atoms with Crippen LogP contribution in [0.25, 0.3) is 10.2 Å². The minimum Gasteiger partial charge on any atom is -0.369 e. The largest absolute Gasteiger partial charge is 0.369 e. The number of fused-ring (bicyclic) bond motifs is 1. The topological polar surface area (TPSA) is 60.3 Å². The molecule has 2 unspecified atom stereocenters. The number of nitrogens with one attached hydrogen (secondary N) is 1. The lowest BCUT2D eigenvalue weighted by Gasteiger charge is -2.39. The second-order valence-corrected chi connectivity index (χ2v) is 10.2. The van der Waals surface area contributed by atoms with Crippen molar-refractivity contribution in [3.05, 3.63) is 53.5 Å². The molecule has 7 heteroatoms. The van der Waals surface area contributed by atoms with Crippen LogP contribution in [0.2, 0.25) is 0 Å². The number of benzene rings is 2. The van der Waals surface area contributed by atoms with E-state index in [1.54, 1.807) is 11.3 Å². The van der Waals surface area contributed by atoms with Crippen molar-refractivity contribution in [3.63, 3.8) is 0 Å². The number of rotatable bonds is 4. The van der Waals surface area contributed by atoms with E-state index in [-0.39, 0.29) is 0 Å². The van der Waals surface area contributed by atoms with Gasteiger partial charge in [-0.25, -0.2) is 14.0 Å². The zero-order chi connectivity index (χ0) is 19.0. The maximum Gasteiger partial charge on any atom is 0.0815 e. The van der Waals surface area contributed by atoms with Crippen molar-refractivity contribution in [2.75, 3.05) is 37.3 Å². The Bertz CT molecular complexity index is 1040. The summed E-state index contributed by atoms with van der Waals surface area (Å²) >= 11 is 1.68. The average Bonchev–Trinajstić information content (AvgIpc) is 3.15. The predicted octanol–water partition coefficient (Wildman–Crippen LogP) is 4.21. The number of nitrogens with zero attached hydrogens (tertiary/aromatic N) is 3. The molecule has 1 saturated heterocycles. The first-order valence-corrected chi connectivity index (χ1v) is 11.9. The Morgan fingerprint density at radius 1 is 1.11 bits per heavy atom. The molecule has 0 saturated carbocycles. The van der Waals surface area contributed by atoms with E-state index >= 15 is 0 Å². The van der Waals surface area contributed by atoms with E-state index in [0.29, 0.717) is 10.9 Å². The first kappa shape index (κ1) is 18.4. The molecule has 2 aromatic carbocycles. The fourth-order valence-corrected chi connectivity index (χ4v) is 4.94. The van der Waals surface area contributed by atoms with Crippen LogP contribution >= 0.6 is 11.3 Å². The Hall–Kier alpha value is -1.96. The SMILES string of the molecule is CC(c1ccc2scnc2c1)N1CCN(c2ccc(S(C)(=N)=O)cc2)CC1. The summed E-state index contributed by atoms with van der Waals surface area (Å²) in [6.07, 6.45) is 1.46. The maximum atomic E-state index is 11.8. The van der Waals surface area contributed by atoms with E-state index in [1.807, 2.05) is 29.8 Å². The highest BCUT2D eigenvalue weighted by molar-refractivity contribution is 7.91. The van der Waals surface area contributed by atoms with Crippen molar-refractivity contribution in [2.24, 2.45) is 0 Å². The molecule has 1 aliphatic heterocycles. The van der Waals surface area contributed by atoms with Crippen molar-refractivity contribution < 1.29 is 4.21 Å². The standard InChI is InChI=1S/C20H24N4OS2/c1-15(16-3-8-20-19(13-16)22-14-26-20)23-9-11-24(12-10-23)17-4-6-18(7-5-17)27(2,21)25/h3-8,13-15,21H,9-12H2,1-2H3. The molecule has 0 aliphatic carbocycles. The zero-order valence-corrected chi connectivity index (χ0v) is 17.2. The molecule has 142 valence electrons. The van der Waals surface area contributed by atoms with E-state index in [2.05, 4.69) is 39.9 Å². The molecule has 0 bridgehead atoms. The molecule has 4 rings (SSSR count). The van der Waals surface area contributed by atoms with Gasteiger partial charge in [-0.3, -0.25) is 4.90 Å². The lowest BCUT2D eigenvalue weighted by atomic mass is 10.1. The smallest absolute Gasteiger partial charge is 0.0815 e. The lowest BCUT2D eigenvalue weighted by Crippen LogP contribution is -2.47. The summed E-state index contributed by atoms with van der Waals surface area (Å²) in [5, 5.41) is 0. The monoisotopic (exact) mass is 400 g/mol. The van der Waals surface area contributed by atoms with Crippen LogP contribution < -0.4 is 4.90 Å². The fraction of sp³-hybridized carbons (Fsp3) is 0.350. The normalized spacial score (nSPS) is 19.1. The van der Waals surface area contributed by atoms with E-state index in [9.17, 15) is 4.21 Å². The summed E-state index contributed by atoms with van der Waals surface area (Å²) in [5.74, 6) is 0. The number of hydrogen-bond donors (Lipinski definition) is 1. The molecule has 0 amide bonds. The first-order valence-electron chi connectivity index (χ1n) is 9.08. The Labute approximate surface area is 164 Å². The van der Waals surface area contributed by atoms with Gasteiger partial charge in [0.2, 0.25) is 0 Å². The summed E-state index contributed by atoms with van der Waals surface area (Å²) in [6.45, 7) is 6.20. The Morgan fingerprint density at radius 3 is 2.48 bits per heavy atom. The fourth-order valence-electron chi connectivity index (χ4n) is 3.63. The Morgan fingerprint density at radius 2 is 1.81 bits per heavy atom. The Balaban J connectivity index is 1.42. The third kappa shape index (κ3) is 3.85. The van der Waals surface area contributed by atoms with E-state index in [0.717, 1.165) is 37.4 Å². The highest BCUT2D eigenvalue weighted by Crippen LogP contribution is 2.27. The summed E-state index contributed by atoms with van der Waals surface area (Å²) in [5.41, 5.74) is 5.45. The van der Waals surface area contributed by atoms with Crippen molar-refractivity contribution in [2.45, 2.75) is 17.9 Å². The molecule has 2 heterocycles. The number of aromatic nitrogens is 1. The van der Waals surface area contributed by atoms with Crippen molar-refractivity contribution in [3.8, 4) is 0 Å². The second kappa shape index (κ2) is 7.22. The minimum atomic E-state index is -2.64. The molecule has 0 spiro atoms. The summed E-state index contributed by atoms with van der Waals surface area (Å²) in [4.78, 5) is 9.91. The number of hydrogen-bond acceptors (Lipinski definition) is 6. The quantitative estimate of drug-likeness (QED) is 0.712. The molecule has 3 aromatic rings. The van der Waals surface area contributed by atoms with Gasteiger partial charge in [0, 0.05) is 49.1 Å². The van der Waals surface area contributed by atoms with Gasteiger partial charge in [0.05, 0.1) is 25.5 Å². The predicted molar refractivity (Wildman–Crippen MR) is 113 cm³/mol. The maximum absolute atomic E-state index is 11.8. The van der Waals surface area contributed by atoms with Crippen LogP contribution in [-0.2, 0) is 9.73 Å². The third-order valence-corrected chi connectivity index (χ3v) is 7.33. The molecular formula is C20H24N4OS2. The highest BCUT2D eigenvalue weighted by Gasteiger charge is 2.22. The van der Waals surface area contributed by atoms with E-state index in [1.165, 1.54) is 16.5 Å². The molecule has 1 aliphatic rings. The van der Waals surface area contributed by atoms with Gasteiger partial charge in [-0.05, 0) is 48.9 Å². The third-order valence-electron chi connectivity index (χ3n) is 5.35. The van der Waals surface area contributed by atoms with Crippen LogP contribution in [-0.4, -0.2) is 46.5 Å². The van der Waals surface area contributed by atoms with Crippen LogP contribution in [0.4, 0.5) is 5.69 Å². The van der Waals surface area contributed by atoms with Gasteiger partial charge in [-0.2, -0.15) is 0 Å². The number of piperazine rings is 1. The highest BCUT2D eigenvalue weighted by atomic mass is 32.2. The minimum absolute atomic E-state index is 0.369. The number of thiazole rings is 1. The molecule has 1 aromatic heterocycles. The van der Waals surface area contributed by atoms with Gasteiger partial charge in [-0.15, -0.1) is 11.3 Å². The van der Waals surface area contributed by atoms with Gasteiger partial charge in [0.15, 0.2) is 0 Å². The van der Waals surface area contributed by atoms with E-state index in [4.69, 9.17) is 4.78 Å². The lowest BCUT2D eigenvalue weighted by molar-refractivity contribution is 0.198. The first-order chi connectivity index (χ1) is 12.9. The van der Waals surface area contributed by atoms with E-state index < -0.39 is 9.73 Å². The van der Waals surface area contributed by atoms with Crippen LogP contribution in [0.1, 0.15) is 18.5 Å². The van der Waals surface area contributed by atoms with Crippen LogP contribution in [0.3, 0.4) is 0 Å². The number of anilines is 1. The summed E-state index contributed by atoms with van der Waals surface area (Å²) < 4.78 is 20.8. The molecule has 1 fully saturated rings. The molecule has 1 N–H and O–H groups in total. The average molecular weight is 401 g/mol. The van der Waals surface area contributed by atoms with Crippen LogP contribution in [0.5, 0.6) is 0 Å². The van der Waals surface area contributed by atoms with Crippen molar-refractivity contribution >= 4 is 37.0 Å². The van der Waals surface area contributed by atoms with Gasteiger partial charge in [0.1, 0.15) is 0 Å². The molecule has 2 atom stereocenters. The summed E-state index contributed by atoms with van der Waals surface area (Å²) in [6, 6.07) is 14.6. The van der Waals surface area contributed by atoms with Crippen LogP contribution in [0.15, 0.2) is 52.9 Å². The van der Waals surface area contributed by atoms with Gasteiger partial charge < -0.3 is 4.90 Å².